The minimum atomic E-state index is -0.397. The van der Waals surface area contributed by atoms with E-state index in [-0.39, 0.29) is 11.5 Å². The molecule has 0 aliphatic heterocycles. The molecule has 0 aliphatic carbocycles. The molecular weight excluding hydrogens is 368 g/mol. The molecule has 2 aromatic carbocycles. The van der Waals surface area contributed by atoms with Gasteiger partial charge in [0, 0.05) is 0 Å². The van der Waals surface area contributed by atoms with Crippen LogP contribution < -0.4 is 26.6 Å². The Balaban J connectivity index is 1.74. The highest BCUT2D eigenvalue weighted by molar-refractivity contribution is 6.33. The number of rotatable bonds is 6. The Morgan fingerprint density at radius 3 is 2.56 bits per heavy atom. The predicted molar refractivity (Wildman–Crippen MR) is 105 cm³/mol. The summed E-state index contributed by atoms with van der Waals surface area (Å²) in [7, 11) is 1.49. The lowest BCUT2D eigenvalue weighted by Gasteiger charge is -2.14. The number of amides is 1. The van der Waals surface area contributed by atoms with Crippen LogP contribution in [0.25, 0.3) is 0 Å². The fraction of sp³-hybridized carbons (Fsp3) is 0.0556. The molecule has 138 valence electrons. The van der Waals surface area contributed by atoms with E-state index in [9.17, 15) is 4.79 Å². The number of nitrogens with two attached hydrogens (primary N) is 1. The Morgan fingerprint density at radius 1 is 1.07 bits per heavy atom. The summed E-state index contributed by atoms with van der Waals surface area (Å²) in [6, 6.07) is 14.0. The van der Waals surface area contributed by atoms with Crippen LogP contribution in [0.5, 0.6) is 5.75 Å². The molecule has 0 atom stereocenters. The first-order chi connectivity index (χ1) is 13.1. The van der Waals surface area contributed by atoms with E-state index in [2.05, 4.69) is 26.1 Å². The summed E-state index contributed by atoms with van der Waals surface area (Å²) < 4.78 is 5.18. The number of aromatic nitrogens is 2. The number of anilines is 4. The standard InChI is InChI=1S/C18H17ClN6O2/c1-27-14-9-5-2-6-11(14)18(26)25-24-17-15(20)16(21-10-22-17)23-13-8-4-3-7-12(13)19/h2-10H,20H2,1H3,(H,25,26)(H2,21,22,23,24). The summed E-state index contributed by atoms with van der Waals surface area (Å²) in [6.07, 6.45) is 1.31. The summed E-state index contributed by atoms with van der Waals surface area (Å²) in [5, 5.41) is 3.56. The van der Waals surface area contributed by atoms with Crippen molar-refractivity contribution in [3.63, 3.8) is 0 Å². The molecule has 0 unspecified atom stereocenters. The molecule has 9 heteroatoms. The molecular formula is C18H17ClN6O2. The maximum atomic E-state index is 12.4. The van der Waals surface area contributed by atoms with Crippen LogP contribution in [0.2, 0.25) is 5.02 Å². The van der Waals surface area contributed by atoms with Gasteiger partial charge in [-0.2, -0.15) is 0 Å². The van der Waals surface area contributed by atoms with Crippen molar-refractivity contribution in [3.05, 3.63) is 65.4 Å². The van der Waals surface area contributed by atoms with Crippen LogP contribution in [0, 0.1) is 0 Å². The molecule has 0 saturated heterocycles. The lowest BCUT2D eigenvalue weighted by Crippen LogP contribution is -2.30. The van der Waals surface area contributed by atoms with Gasteiger partial charge in [-0.1, -0.05) is 35.9 Å². The third-order valence-corrected chi connectivity index (χ3v) is 3.99. The second kappa shape index (κ2) is 8.24. The molecule has 27 heavy (non-hydrogen) atoms. The monoisotopic (exact) mass is 384 g/mol. The fourth-order valence-electron chi connectivity index (χ4n) is 2.30. The Bertz CT molecular complexity index is 966. The van der Waals surface area contributed by atoms with Crippen molar-refractivity contribution in [1.82, 2.24) is 15.4 Å². The molecule has 0 bridgehead atoms. The SMILES string of the molecule is COc1ccccc1C(=O)NNc1ncnc(Nc2ccccc2Cl)c1N. The number of hydrogen-bond donors (Lipinski definition) is 4. The highest BCUT2D eigenvalue weighted by Crippen LogP contribution is 2.29. The first kappa shape index (κ1) is 18.3. The van der Waals surface area contributed by atoms with Crippen molar-refractivity contribution < 1.29 is 9.53 Å². The molecule has 8 nitrogen and oxygen atoms in total. The second-order valence-corrected chi connectivity index (χ2v) is 5.78. The smallest absolute Gasteiger partial charge is 0.273 e. The number of methoxy groups -OCH3 is 1. The topological polar surface area (TPSA) is 114 Å². The number of nitrogens with one attached hydrogen (secondary N) is 3. The summed E-state index contributed by atoms with van der Waals surface area (Å²) >= 11 is 6.13. The summed E-state index contributed by atoms with van der Waals surface area (Å²) in [6.45, 7) is 0. The second-order valence-electron chi connectivity index (χ2n) is 5.37. The van der Waals surface area contributed by atoms with E-state index in [4.69, 9.17) is 22.1 Å². The number of nitrogens with zero attached hydrogens (tertiary/aromatic N) is 2. The van der Waals surface area contributed by atoms with Crippen LogP contribution in [0.3, 0.4) is 0 Å². The van der Waals surface area contributed by atoms with Crippen LogP contribution in [0.15, 0.2) is 54.9 Å². The molecule has 0 radical (unpaired) electrons. The van der Waals surface area contributed by atoms with E-state index in [1.165, 1.54) is 13.4 Å². The van der Waals surface area contributed by atoms with Gasteiger partial charge in [-0.15, -0.1) is 0 Å². The maximum absolute atomic E-state index is 12.4. The largest absolute Gasteiger partial charge is 0.496 e. The van der Waals surface area contributed by atoms with Crippen LogP contribution >= 0.6 is 11.6 Å². The average Bonchev–Trinajstić information content (AvgIpc) is 2.70. The number of hydrogen-bond acceptors (Lipinski definition) is 7. The van der Waals surface area contributed by atoms with Crippen molar-refractivity contribution in [1.29, 1.82) is 0 Å². The summed E-state index contributed by atoms with van der Waals surface area (Å²) in [5.74, 6) is 0.648. The number of nitrogen functional groups attached to an aromatic ring is 1. The summed E-state index contributed by atoms with van der Waals surface area (Å²) in [4.78, 5) is 20.5. The molecule has 0 saturated carbocycles. The van der Waals surface area contributed by atoms with E-state index >= 15 is 0 Å². The van der Waals surface area contributed by atoms with E-state index in [1.54, 1.807) is 36.4 Å². The van der Waals surface area contributed by atoms with Gasteiger partial charge in [0.25, 0.3) is 5.91 Å². The van der Waals surface area contributed by atoms with Gasteiger partial charge in [-0.3, -0.25) is 15.6 Å². The fourth-order valence-corrected chi connectivity index (χ4v) is 2.48. The van der Waals surface area contributed by atoms with Crippen LogP contribution in [-0.4, -0.2) is 23.0 Å². The number of benzene rings is 2. The molecule has 1 heterocycles. The lowest BCUT2D eigenvalue weighted by atomic mass is 10.2. The first-order valence-electron chi connectivity index (χ1n) is 7.91. The number of para-hydroxylation sites is 2. The zero-order valence-electron chi connectivity index (χ0n) is 14.4. The van der Waals surface area contributed by atoms with Crippen molar-refractivity contribution >= 4 is 40.5 Å². The van der Waals surface area contributed by atoms with E-state index in [1.807, 2.05) is 12.1 Å². The molecule has 0 aliphatic rings. The van der Waals surface area contributed by atoms with Gasteiger partial charge in [0.1, 0.15) is 17.8 Å². The van der Waals surface area contributed by atoms with Crippen molar-refractivity contribution in [3.8, 4) is 5.75 Å². The Hall–Kier alpha value is -3.52. The van der Waals surface area contributed by atoms with Gasteiger partial charge in [0.05, 0.1) is 23.4 Å². The van der Waals surface area contributed by atoms with Gasteiger partial charge in [-0.25, -0.2) is 9.97 Å². The highest BCUT2D eigenvalue weighted by Gasteiger charge is 2.13. The molecule has 1 amide bonds. The van der Waals surface area contributed by atoms with Crippen LogP contribution in [-0.2, 0) is 0 Å². The van der Waals surface area contributed by atoms with Crippen LogP contribution in [0.1, 0.15) is 10.4 Å². The van der Waals surface area contributed by atoms with E-state index in [0.29, 0.717) is 27.8 Å². The Kier molecular flexibility index (Phi) is 5.58. The molecule has 0 fully saturated rings. The zero-order valence-corrected chi connectivity index (χ0v) is 15.1. The average molecular weight is 385 g/mol. The highest BCUT2D eigenvalue weighted by atomic mass is 35.5. The third kappa shape index (κ3) is 4.18. The van der Waals surface area contributed by atoms with E-state index in [0.717, 1.165) is 0 Å². The zero-order chi connectivity index (χ0) is 19.2. The number of carbonyl (C=O) groups excluding carboxylic acids is 1. The molecule has 3 rings (SSSR count). The predicted octanol–water partition coefficient (Wildman–Crippen LogP) is 3.22. The van der Waals surface area contributed by atoms with Crippen molar-refractivity contribution in [2.75, 3.05) is 23.6 Å². The van der Waals surface area contributed by atoms with E-state index < -0.39 is 5.91 Å². The molecule has 3 aromatic rings. The van der Waals surface area contributed by atoms with Gasteiger partial charge >= 0.3 is 0 Å². The van der Waals surface area contributed by atoms with Crippen molar-refractivity contribution in [2.24, 2.45) is 0 Å². The number of hydrazine groups is 1. The summed E-state index contributed by atoms with van der Waals surface area (Å²) in [5.41, 5.74) is 12.6. The van der Waals surface area contributed by atoms with Gasteiger partial charge in [0.2, 0.25) is 0 Å². The number of halogens is 1. The van der Waals surface area contributed by atoms with Crippen molar-refractivity contribution in [2.45, 2.75) is 0 Å². The molecule has 0 spiro atoms. The normalized spacial score (nSPS) is 10.1. The Morgan fingerprint density at radius 2 is 1.78 bits per heavy atom. The number of ether oxygens (including phenoxy) is 1. The first-order valence-corrected chi connectivity index (χ1v) is 8.29. The minimum Gasteiger partial charge on any atom is -0.496 e. The van der Waals surface area contributed by atoms with Gasteiger partial charge in [-0.05, 0) is 24.3 Å². The quantitative estimate of drug-likeness (QED) is 0.482. The number of carbonyl (C=O) groups is 1. The van der Waals surface area contributed by atoms with Crippen LogP contribution in [0.4, 0.5) is 23.0 Å². The maximum Gasteiger partial charge on any atom is 0.273 e. The van der Waals surface area contributed by atoms with Gasteiger partial charge < -0.3 is 15.8 Å². The third-order valence-electron chi connectivity index (χ3n) is 3.66. The van der Waals surface area contributed by atoms with Gasteiger partial charge in [0.15, 0.2) is 11.6 Å². The lowest BCUT2D eigenvalue weighted by molar-refractivity contribution is 0.0959. The minimum absolute atomic E-state index is 0.220. The molecule has 5 N–H and O–H groups in total. The Labute approximate surface area is 160 Å². The molecule has 1 aromatic heterocycles.